The molecule has 1 aliphatic rings. The van der Waals surface area contributed by atoms with E-state index in [2.05, 4.69) is 0 Å². The van der Waals surface area contributed by atoms with E-state index >= 15 is 0 Å². The molecule has 1 aromatic rings. The van der Waals surface area contributed by atoms with Crippen LogP contribution in [0.3, 0.4) is 0 Å². The molecule has 1 N–H and O–H groups in total. The molecular weight excluding hydrogens is 279 g/mol. The highest BCUT2D eigenvalue weighted by Crippen LogP contribution is 2.35. The maximum Gasteiger partial charge on any atom is 0.417 e. The molecule has 1 fully saturated rings. The highest BCUT2D eigenvalue weighted by molar-refractivity contribution is 6.31. The minimum absolute atomic E-state index is 0.0414. The Morgan fingerprint density at radius 3 is 2.74 bits per heavy atom. The minimum Gasteiger partial charge on any atom is -0.395 e. The summed E-state index contributed by atoms with van der Waals surface area (Å²) in [5.74, 6) is 0. The largest absolute Gasteiger partial charge is 0.417 e. The van der Waals surface area contributed by atoms with Gasteiger partial charge in [-0.05, 0) is 37.1 Å². The zero-order valence-corrected chi connectivity index (χ0v) is 11.0. The van der Waals surface area contributed by atoms with Gasteiger partial charge in [0.05, 0.1) is 17.2 Å². The molecule has 1 atom stereocenters. The molecule has 0 bridgehead atoms. The van der Waals surface area contributed by atoms with Crippen molar-refractivity contribution in [2.75, 3.05) is 13.2 Å². The van der Waals surface area contributed by atoms with E-state index in [1.165, 1.54) is 6.07 Å². The van der Waals surface area contributed by atoms with E-state index < -0.39 is 11.7 Å². The molecule has 2 nitrogen and oxygen atoms in total. The second kappa shape index (κ2) is 5.69. The molecule has 0 radical (unpaired) electrons. The summed E-state index contributed by atoms with van der Waals surface area (Å²) in [6.45, 7) is 1.25. The van der Waals surface area contributed by atoms with E-state index in [-0.39, 0.29) is 17.7 Å². The predicted molar refractivity (Wildman–Crippen MR) is 67.0 cm³/mol. The van der Waals surface area contributed by atoms with Crippen LogP contribution in [0.2, 0.25) is 5.02 Å². The average Bonchev–Trinajstić information content (AvgIpc) is 2.77. The molecule has 0 saturated carbocycles. The smallest absolute Gasteiger partial charge is 0.395 e. The Balaban J connectivity index is 2.17. The van der Waals surface area contributed by atoms with Gasteiger partial charge in [-0.1, -0.05) is 17.7 Å². The fourth-order valence-electron chi connectivity index (χ4n) is 2.43. The van der Waals surface area contributed by atoms with Gasteiger partial charge >= 0.3 is 6.18 Å². The highest BCUT2D eigenvalue weighted by Gasteiger charge is 2.33. The number of benzene rings is 1. The number of rotatable bonds is 3. The highest BCUT2D eigenvalue weighted by atomic mass is 35.5. The summed E-state index contributed by atoms with van der Waals surface area (Å²) in [6.07, 6.45) is -2.59. The van der Waals surface area contributed by atoms with Crippen LogP contribution in [-0.4, -0.2) is 29.2 Å². The molecule has 19 heavy (non-hydrogen) atoms. The molecule has 0 spiro atoms. The van der Waals surface area contributed by atoms with Crippen molar-refractivity contribution in [3.8, 4) is 0 Å². The molecule has 1 aliphatic heterocycles. The lowest BCUT2D eigenvalue weighted by atomic mass is 10.1. The van der Waals surface area contributed by atoms with Crippen molar-refractivity contribution in [1.29, 1.82) is 0 Å². The van der Waals surface area contributed by atoms with Gasteiger partial charge < -0.3 is 5.11 Å². The van der Waals surface area contributed by atoms with Gasteiger partial charge in [0.15, 0.2) is 0 Å². The van der Waals surface area contributed by atoms with Gasteiger partial charge in [0.2, 0.25) is 0 Å². The van der Waals surface area contributed by atoms with Crippen LogP contribution >= 0.6 is 11.6 Å². The summed E-state index contributed by atoms with van der Waals surface area (Å²) in [7, 11) is 0. The zero-order valence-electron chi connectivity index (χ0n) is 10.3. The van der Waals surface area contributed by atoms with E-state index in [0.717, 1.165) is 25.5 Å². The van der Waals surface area contributed by atoms with Gasteiger partial charge in [-0.15, -0.1) is 0 Å². The molecule has 0 aliphatic carbocycles. The van der Waals surface area contributed by atoms with Gasteiger partial charge in [0.25, 0.3) is 0 Å². The van der Waals surface area contributed by atoms with Crippen LogP contribution in [0, 0.1) is 0 Å². The summed E-state index contributed by atoms with van der Waals surface area (Å²) in [5.41, 5.74) is -0.233. The van der Waals surface area contributed by atoms with Gasteiger partial charge in [-0.3, -0.25) is 4.90 Å². The lowest BCUT2D eigenvalue weighted by molar-refractivity contribution is -0.137. The monoisotopic (exact) mass is 293 g/mol. The quantitative estimate of drug-likeness (QED) is 0.924. The van der Waals surface area contributed by atoms with Crippen molar-refractivity contribution in [1.82, 2.24) is 4.90 Å². The van der Waals surface area contributed by atoms with Crippen molar-refractivity contribution in [3.05, 3.63) is 34.3 Å². The molecule has 106 valence electrons. The SMILES string of the molecule is OC[C@H]1CCCN1Cc1ccc(Cl)c(C(F)(F)F)c1. The first-order chi connectivity index (χ1) is 8.91. The number of likely N-dealkylation sites (tertiary alicyclic amines) is 1. The molecule has 1 heterocycles. The Hall–Kier alpha value is -0.780. The van der Waals surface area contributed by atoms with Crippen LogP contribution in [0.15, 0.2) is 18.2 Å². The third-order valence-corrected chi connectivity index (χ3v) is 3.76. The Kier molecular flexibility index (Phi) is 4.38. The van der Waals surface area contributed by atoms with E-state index in [0.29, 0.717) is 12.1 Å². The van der Waals surface area contributed by atoms with Crippen LogP contribution in [0.5, 0.6) is 0 Å². The molecule has 0 aromatic heterocycles. The minimum atomic E-state index is -4.44. The summed E-state index contributed by atoms with van der Waals surface area (Å²) in [6, 6.07) is 4.02. The molecule has 1 aromatic carbocycles. The normalized spacial score (nSPS) is 21.0. The van der Waals surface area contributed by atoms with Crippen LogP contribution in [0.1, 0.15) is 24.0 Å². The molecule has 1 saturated heterocycles. The second-order valence-corrected chi connectivity index (χ2v) is 5.17. The maximum absolute atomic E-state index is 12.7. The first-order valence-electron chi connectivity index (χ1n) is 6.12. The fourth-order valence-corrected chi connectivity index (χ4v) is 2.66. The van der Waals surface area contributed by atoms with E-state index in [9.17, 15) is 18.3 Å². The van der Waals surface area contributed by atoms with Crippen molar-refractivity contribution in [2.24, 2.45) is 0 Å². The lowest BCUT2D eigenvalue weighted by Crippen LogP contribution is -2.31. The summed E-state index contributed by atoms with van der Waals surface area (Å²) in [4.78, 5) is 2.00. The van der Waals surface area contributed by atoms with Gasteiger partial charge in [0, 0.05) is 12.6 Å². The first-order valence-corrected chi connectivity index (χ1v) is 6.50. The molecule has 0 amide bonds. The molecule has 6 heteroatoms. The standard InChI is InChI=1S/C13H15ClF3NO/c14-12-4-3-9(6-11(12)13(15,16)17)7-18-5-1-2-10(18)8-19/h3-4,6,10,19H,1-2,5,7-8H2/t10-/m1/s1. The summed E-state index contributed by atoms with van der Waals surface area (Å²) >= 11 is 5.58. The number of alkyl halides is 3. The maximum atomic E-state index is 12.7. The number of halogens is 4. The van der Waals surface area contributed by atoms with Gasteiger partial charge in [-0.25, -0.2) is 0 Å². The zero-order chi connectivity index (χ0) is 14.0. The Morgan fingerprint density at radius 1 is 1.37 bits per heavy atom. The van der Waals surface area contributed by atoms with Gasteiger partial charge in [-0.2, -0.15) is 13.2 Å². The first kappa shape index (κ1) is 14.6. The Labute approximate surface area is 114 Å². The number of hydrogen-bond acceptors (Lipinski definition) is 2. The summed E-state index contributed by atoms with van der Waals surface area (Å²) in [5, 5.41) is 8.92. The van der Waals surface area contributed by atoms with Crippen molar-refractivity contribution in [2.45, 2.75) is 31.6 Å². The van der Waals surface area contributed by atoms with Crippen LogP contribution in [0.25, 0.3) is 0 Å². The Bertz CT molecular complexity index is 450. The van der Waals surface area contributed by atoms with E-state index in [1.54, 1.807) is 6.07 Å². The van der Waals surface area contributed by atoms with Crippen molar-refractivity contribution < 1.29 is 18.3 Å². The van der Waals surface area contributed by atoms with Gasteiger partial charge in [0.1, 0.15) is 0 Å². The second-order valence-electron chi connectivity index (χ2n) is 4.76. The fraction of sp³-hybridized carbons (Fsp3) is 0.538. The van der Waals surface area contributed by atoms with Crippen molar-refractivity contribution in [3.63, 3.8) is 0 Å². The van der Waals surface area contributed by atoms with Crippen LogP contribution < -0.4 is 0 Å². The third kappa shape index (κ3) is 3.41. The average molecular weight is 294 g/mol. The van der Waals surface area contributed by atoms with E-state index in [4.69, 9.17) is 11.6 Å². The van der Waals surface area contributed by atoms with Crippen LogP contribution in [-0.2, 0) is 12.7 Å². The number of nitrogens with zero attached hydrogens (tertiary/aromatic N) is 1. The number of aliphatic hydroxyl groups is 1. The number of aliphatic hydroxyl groups excluding tert-OH is 1. The third-order valence-electron chi connectivity index (χ3n) is 3.43. The Morgan fingerprint density at radius 2 is 2.11 bits per heavy atom. The topological polar surface area (TPSA) is 23.5 Å². The summed E-state index contributed by atoms with van der Waals surface area (Å²) < 4.78 is 38.2. The van der Waals surface area contributed by atoms with Crippen molar-refractivity contribution >= 4 is 11.6 Å². The van der Waals surface area contributed by atoms with E-state index in [1.807, 2.05) is 4.90 Å². The molecular formula is C13H15ClF3NO. The lowest BCUT2D eigenvalue weighted by Gasteiger charge is -2.23. The number of hydrogen-bond donors (Lipinski definition) is 1. The molecule has 2 rings (SSSR count). The predicted octanol–water partition coefficient (Wildman–Crippen LogP) is 3.32. The molecule has 0 unspecified atom stereocenters. The van der Waals surface area contributed by atoms with Crippen LogP contribution in [0.4, 0.5) is 13.2 Å².